The largest absolute Gasteiger partial charge is 0.337 e. The molecule has 2 aliphatic heterocycles. The van der Waals surface area contributed by atoms with Gasteiger partial charge in [0.25, 0.3) is 5.91 Å². The van der Waals surface area contributed by atoms with Crippen molar-refractivity contribution >= 4 is 15.9 Å². The molecule has 2 heterocycles. The van der Waals surface area contributed by atoms with E-state index < -0.39 is 10.0 Å². The summed E-state index contributed by atoms with van der Waals surface area (Å²) in [6.07, 6.45) is 2.13. The number of carbonyl (C=O) groups excluding carboxylic acids is 1. The minimum Gasteiger partial charge on any atom is -0.337 e. The quantitative estimate of drug-likeness (QED) is 0.749. The molecule has 2 saturated heterocycles. The number of carbonyl (C=O) groups is 1. The maximum Gasteiger partial charge on any atom is 0.285 e. The molecule has 30 heavy (non-hydrogen) atoms. The van der Waals surface area contributed by atoms with Gasteiger partial charge in [0, 0.05) is 18.7 Å². The highest BCUT2D eigenvalue weighted by atomic mass is 32.2. The molecule has 1 N–H and O–H groups in total. The van der Waals surface area contributed by atoms with E-state index in [-0.39, 0.29) is 17.7 Å². The fourth-order valence-electron chi connectivity index (χ4n) is 4.53. The van der Waals surface area contributed by atoms with E-state index in [4.69, 9.17) is 0 Å². The maximum absolute atomic E-state index is 13.3. The molecule has 2 aromatic carbocycles. The van der Waals surface area contributed by atoms with Gasteiger partial charge in [-0.3, -0.25) is 4.79 Å². The smallest absolute Gasteiger partial charge is 0.285 e. The average Bonchev–Trinajstić information content (AvgIpc) is 3.30. The molecule has 0 saturated carbocycles. The number of benzene rings is 2. The lowest BCUT2D eigenvalue weighted by Gasteiger charge is -2.36. The SMILES string of the molecule is O=C([C@H](c1ccccc1)[NH+]1CCN(S(=O)(=O)Cc2ccccc2)CC1)N1CCCC1. The van der Waals surface area contributed by atoms with Gasteiger partial charge >= 0.3 is 0 Å². The van der Waals surface area contributed by atoms with Crippen LogP contribution in [0.2, 0.25) is 0 Å². The number of likely N-dealkylation sites (tertiary alicyclic amines) is 1. The second kappa shape index (κ2) is 9.29. The van der Waals surface area contributed by atoms with Crippen molar-refractivity contribution in [1.82, 2.24) is 9.21 Å². The van der Waals surface area contributed by atoms with Crippen molar-refractivity contribution in [2.75, 3.05) is 39.3 Å². The van der Waals surface area contributed by atoms with Crippen LogP contribution in [0.3, 0.4) is 0 Å². The average molecular weight is 429 g/mol. The summed E-state index contributed by atoms with van der Waals surface area (Å²) in [6, 6.07) is 19.0. The van der Waals surface area contributed by atoms with Crippen LogP contribution in [0.4, 0.5) is 0 Å². The predicted octanol–water partition coefficient (Wildman–Crippen LogP) is 1.08. The lowest BCUT2D eigenvalue weighted by Crippen LogP contribution is -3.16. The van der Waals surface area contributed by atoms with E-state index in [2.05, 4.69) is 0 Å². The van der Waals surface area contributed by atoms with E-state index in [0.717, 1.165) is 42.0 Å². The summed E-state index contributed by atoms with van der Waals surface area (Å²) in [5, 5.41) is 0. The fourth-order valence-corrected chi connectivity index (χ4v) is 6.07. The molecule has 160 valence electrons. The number of piperazine rings is 1. The van der Waals surface area contributed by atoms with Gasteiger partial charge in [0.2, 0.25) is 10.0 Å². The van der Waals surface area contributed by atoms with Gasteiger partial charge in [-0.05, 0) is 18.4 Å². The van der Waals surface area contributed by atoms with Gasteiger partial charge in [0.05, 0.1) is 31.9 Å². The molecular weight excluding hydrogens is 398 g/mol. The fraction of sp³-hybridized carbons (Fsp3) is 0.435. The van der Waals surface area contributed by atoms with Crippen molar-refractivity contribution in [3.63, 3.8) is 0 Å². The minimum absolute atomic E-state index is 0.0258. The number of sulfonamides is 1. The van der Waals surface area contributed by atoms with Crippen molar-refractivity contribution in [3.8, 4) is 0 Å². The minimum atomic E-state index is -3.36. The first-order chi connectivity index (χ1) is 14.5. The Balaban J connectivity index is 1.46. The van der Waals surface area contributed by atoms with Crippen LogP contribution in [0, 0.1) is 0 Å². The second-order valence-electron chi connectivity index (χ2n) is 8.18. The maximum atomic E-state index is 13.3. The van der Waals surface area contributed by atoms with E-state index in [9.17, 15) is 13.2 Å². The Morgan fingerprint density at radius 2 is 1.43 bits per heavy atom. The molecule has 0 bridgehead atoms. The number of nitrogens with zero attached hydrogens (tertiary/aromatic N) is 2. The van der Waals surface area contributed by atoms with Crippen molar-refractivity contribution in [3.05, 3.63) is 71.8 Å². The van der Waals surface area contributed by atoms with Crippen molar-refractivity contribution in [2.45, 2.75) is 24.6 Å². The van der Waals surface area contributed by atoms with Gasteiger partial charge in [-0.25, -0.2) is 8.42 Å². The standard InChI is InChI=1S/C23H29N3O3S/c27-23(25-13-7-8-14-25)22(21-11-5-2-6-12-21)24-15-17-26(18-16-24)30(28,29)19-20-9-3-1-4-10-20/h1-6,9-12,22H,7-8,13-19H2/p+1/t22-/m0/s1. The van der Waals surface area contributed by atoms with Crippen LogP contribution in [0.15, 0.2) is 60.7 Å². The van der Waals surface area contributed by atoms with Gasteiger partial charge in [-0.15, -0.1) is 0 Å². The Hall–Kier alpha value is -2.22. The topological polar surface area (TPSA) is 62.1 Å². The summed E-state index contributed by atoms with van der Waals surface area (Å²) < 4.78 is 27.4. The van der Waals surface area contributed by atoms with Gasteiger partial charge in [-0.2, -0.15) is 4.31 Å². The third-order valence-corrected chi connectivity index (χ3v) is 8.01. The number of quaternary nitrogens is 1. The molecular formula is C23H30N3O3S+. The van der Waals surface area contributed by atoms with Crippen LogP contribution in [0.1, 0.15) is 30.0 Å². The number of hydrogen-bond acceptors (Lipinski definition) is 3. The summed E-state index contributed by atoms with van der Waals surface area (Å²) in [7, 11) is -3.36. The molecule has 0 aromatic heterocycles. The molecule has 1 atom stereocenters. The van der Waals surface area contributed by atoms with E-state index in [1.54, 1.807) is 4.31 Å². The third kappa shape index (κ3) is 4.74. The van der Waals surface area contributed by atoms with Crippen LogP contribution in [0.25, 0.3) is 0 Å². The van der Waals surface area contributed by atoms with Gasteiger partial charge in [-0.1, -0.05) is 60.7 Å². The van der Waals surface area contributed by atoms with Crippen molar-refractivity contribution < 1.29 is 18.1 Å². The molecule has 4 rings (SSSR count). The summed E-state index contributed by atoms with van der Waals surface area (Å²) in [6.45, 7) is 3.81. The highest BCUT2D eigenvalue weighted by molar-refractivity contribution is 7.88. The van der Waals surface area contributed by atoms with Crippen molar-refractivity contribution in [1.29, 1.82) is 0 Å². The van der Waals surface area contributed by atoms with Crippen molar-refractivity contribution in [2.24, 2.45) is 0 Å². The second-order valence-corrected chi connectivity index (χ2v) is 10.1. The molecule has 1 amide bonds. The molecule has 0 unspecified atom stereocenters. The van der Waals surface area contributed by atoms with Gasteiger partial charge < -0.3 is 9.80 Å². The Bertz CT molecular complexity index is 936. The zero-order chi connectivity index (χ0) is 21.0. The van der Waals surface area contributed by atoms with E-state index in [1.807, 2.05) is 65.6 Å². The van der Waals surface area contributed by atoms with Crippen LogP contribution in [-0.2, 0) is 20.6 Å². The molecule has 2 fully saturated rings. The van der Waals surface area contributed by atoms with Crippen LogP contribution in [0.5, 0.6) is 0 Å². The number of nitrogens with one attached hydrogen (secondary N) is 1. The molecule has 0 aliphatic carbocycles. The number of hydrogen-bond donors (Lipinski definition) is 1. The van der Waals surface area contributed by atoms with Gasteiger partial charge in [0.1, 0.15) is 0 Å². The zero-order valence-electron chi connectivity index (χ0n) is 17.2. The molecule has 6 nitrogen and oxygen atoms in total. The first-order valence-corrected chi connectivity index (χ1v) is 12.4. The van der Waals surface area contributed by atoms with Crippen LogP contribution >= 0.6 is 0 Å². The first kappa shape index (κ1) is 21.0. The Morgan fingerprint density at radius 1 is 0.867 bits per heavy atom. The molecule has 0 spiro atoms. The van der Waals surface area contributed by atoms with Crippen LogP contribution in [-0.4, -0.2) is 62.8 Å². The normalized spacial score (nSPS) is 19.7. The highest BCUT2D eigenvalue weighted by Gasteiger charge is 2.39. The Morgan fingerprint density at radius 3 is 2.03 bits per heavy atom. The number of rotatable bonds is 6. The zero-order valence-corrected chi connectivity index (χ0v) is 18.1. The predicted molar refractivity (Wildman–Crippen MR) is 116 cm³/mol. The van der Waals surface area contributed by atoms with E-state index in [0.29, 0.717) is 26.2 Å². The summed E-state index contributed by atoms with van der Waals surface area (Å²) in [4.78, 5) is 16.5. The molecule has 2 aliphatic rings. The molecule has 2 aromatic rings. The lowest BCUT2D eigenvalue weighted by molar-refractivity contribution is -0.925. The Kier molecular flexibility index (Phi) is 6.51. The summed E-state index contributed by atoms with van der Waals surface area (Å²) >= 11 is 0. The monoisotopic (exact) mass is 428 g/mol. The van der Waals surface area contributed by atoms with Gasteiger partial charge in [0.15, 0.2) is 6.04 Å². The highest BCUT2D eigenvalue weighted by Crippen LogP contribution is 2.18. The summed E-state index contributed by atoms with van der Waals surface area (Å²) in [5.74, 6) is 0.201. The first-order valence-electron chi connectivity index (χ1n) is 10.7. The molecule has 7 heteroatoms. The third-order valence-electron chi connectivity index (χ3n) is 6.16. The molecule has 0 radical (unpaired) electrons. The van der Waals surface area contributed by atoms with E-state index in [1.165, 1.54) is 0 Å². The Labute approximate surface area is 179 Å². The summed E-state index contributed by atoms with van der Waals surface area (Å²) in [5.41, 5.74) is 1.82. The lowest BCUT2D eigenvalue weighted by atomic mass is 10.0. The number of amides is 1. The van der Waals surface area contributed by atoms with E-state index >= 15 is 0 Å². The van der Waals surface area contributed by atoms with Crippen LogP contribution < -0.4 is 4.90 Å².